The predicted molar refractivity (Wildman–Crippen MR) is 98.6 cm³/mol. The van der Waals surface area contributed by atoms with E-state index in [1.54, 1.807) is 24.1 Å². The largest absolute Gasteiger partial charge is 0.352 e. The Hall–Kier alpha value is -2.14. The summed E-state index contributed by atoms with van der Waals surface area (Å²) < 4.78 is 1.000. The maximum absolute atomic E-state index is 12.2. The third-order valence-electron chi connectivity index (χ3n) is 3.68. The van der Waals surface area contributed by atoms with Gasteiger partial charge in [-0.25, -0.2) is 0 Å². The van der Waals surface area contributed by atoms with Crippen molar-refractivity contribution in [2.75, 3.05) is 13.6 Å². The van der Waals surface area contributed by atoms with Gasteiger partial charge in [-0.15, -0.1) is 0 Å². The van der Waals surface area contributed by atoms with Crippen molar-refractivity contribution in [2.24, 2.45) is 0 Å². The average molecular weight is 389 g/mol. The first-order valence-electron chi connectivity index (χ1n) is 7.88. The highest BCUT2D eigenvalue weighted by Gasteiger charge is 2.11. The highest BCUT2D eigenvalue weighted by atomic mass is 79.9. The van der Waals surface area contributed by atoms with Crippen LogP contribution in [0.3, 0.4) is 0 Å². The molecule has 0 bridgehead atoms. The van der Waals surface area contributed by atoms with Gasteiger partial charge in [-0.05, 0) is 30.2 Å². The summed E-state index contributed by atoms with van der Waals surface area (Å²) in [5.74, 6) is -0.0377. The van der Waals surface area contributed by atoms with Crippen molar-refractivity contribution < 1.29 is 9.59 Å². The SMILES string of the molecule is CN(Cc1ccccc1Br)C(=O)CCCNC(=O)c1ccccc1. The fourth-order valence-corrected chi connectivity index (χ4v) is 2.70. The molecule has 2 rings (SSSR count). The van der Waals surface area contributed by atoms with Gasteiger partial charge in [0.2, 0.25) is 5.91 Å². The van der Waals surface area contributed by atoms with Crippen LogP contribution in [0.5, 0.6) is 0 Å². The third-order valence-corrected chi connectivity index (χ3v) is 4.45. The molecule has 0 aliphatic carbocycles. The molecule has 5 heteroatoms. The molecular weight excluding hydrogens is 368 g/mol. The van der Waals surface area contributed by atoms with Crippen molar-refractivity contribution in [2.45, 2.75) is 19.4 Å². The summed E-state index contributed by atoms with van der Waals surface area (Å²) in [6.07, 6.45) is 1.04. The minimum Gasteiger partial charge on any atom is -0.352 e. The van der Waals surface area contributed by atoms with Gasteiger partial charge in [-0.3, -0.25) is 9.59 Å². The summed E-state index contributed by atoms with van der Waals surface area (Å²) in [6.45, 7) is 1.05. The van der Waals surface area contributed by atoms with Crippen LogP contribution >= 0.6 is 15.9 Å². The number of carbonyl (C=O) groups is 2. The number of nitrogens with zero attached hydrogens (tertiary/aromatic N) is 1. The van der Waals surface area contributed by atoms with E-state index in [1.165, 1.54) is 0 Å². The monoisotopic (exact) mass is 388 g/mol. The topological polar surface area (TPSA) is 49.4 Å². The number of benzene rings is 2. The molecule has 0 spiro atoms. The van der Waals surface area contributed by atoms with E-state index in [0.717, 1.165) is 10.0 Å². The Balaban J connectivity index is 1.71. The highest BCUT2D eigenvalue weighted by molar-refractivity contribution is 9.10. The third kappa shape index (κ3) is 5.49. The van der Waals surface area contributed by atoms with Crippen molar-refractivity contribution in [3.05, 3.63) is 70.2 Å². The number of halogens is 1. The molecule has 0 saturated carbocycles. The molecule has 0 radical (unpaired) electrons. The summed E-state index contributed by atoms with van der Waals surface area (Å²) in [6, 6.07) is 16.9. The molecule has 1 N–H and O–H groups in total. The van der Waals surface area contributed by atoms with Crippen molar-refractivity contribution in [1.29, 1.82) is 0 Å². The summed E-state index contributed by atoms with van der Waals surface area (Å²) in [4.78, 5) is 25.8. The normalized spacial score (nSPS) is 10.2. The quantitative estimate of drug-likeness (QED) is 0.736. The van der Waals surface area contributed by atoms with Gasteiger partial charge in [0.25, 0.3) is 5.91 Å². The lowest BCUT2D eigenvalue weighted by molar-refractivity contribution is -0.130. The molecule has 0 fully saturated rings. The Morgan fingerprint density at radius 1 is 1.04 bits per heavy atom. The molecule has 0 aliphatic rings. The Labute approximate surface area is 151 Å². The van der Waals surface area contributed by atoms with Crippen LogP contribution in [-0.2, 0) is 11.3 Å². The molecule has 2 aromatic carbocycles. The van der Waals surface area contributed by atoms with Gasteiger partial charge in [0, 0.05) is 36.6 Å². The molecule has 24 heavy (non-hydrogen) atoms. The van der Waals surface area contributed by atoms with Gasteiger partial charge in [0.1, 0.15) is 0 Å². The van der Waals surface area contributed by atoms with Crippen LogP contribution in [0.2, 0.25) is 0 Å². The molecule has 4 nitrogen and oxygen atoms in total. The van der Waals surface area contributed by atoms with Gasteiger partial charge in [0.05, 0.1) is 0 Å². The van der Waals surface area contributed by atoms with Crippen LogP contribution in [-0.4, -0.2) is 30.3 Å². The smallest absolute Gasteiger partial charge is 0.251 e. The lowest BCUT2D eigenvalue weighted by atomic mass is 10.2. The van der Waals surface area contributed by atoms with E-state index in [0.29, 0.717) is 31.5 Å². The minimum atomic E-state index is -0.107. The number of rotatable bonds is 7. The van der Waals surface area contributed by atoms with Crippen molar-refractivity contribution in [3.63, 3.8) is 0 Å². The highest BCUT2D eigenvalue weighted by Crippen LogP contribution is 2.17. The van der Waals surface area contributed by atoms with Gasteiger partial charge in [-0.2, -0.15) is 0 Å². The molecule has 0 heterocycles. The van der Waals surface area contributed by atoms with Crippen LogP contribution in [0.15, 0.2) is 59.1 Å². The van der Waals surface area contributed by atoms with E-state index in [9.17, 15) is 9.59 Å². The molecule has 2 amide bonds. The second-order valence-corrected chi connectivity index (χ2v) is 6.42. The van der Waals surface area contributed by atoms with Crippen molar-refractivity contribution in [3.8, 4) is 0 Å². The number of carbonyl (C=O) groups excluding carboxylic acids is 2. The first-order chi connectivity index (χ1) is 11.6. The lowest BCUT2D eigenvalue weighted by Crippen LogP contribution is -2.28. The molecule has 126 valence electrons. The zero-order valence-electron chi connectivity index (χ0n) is 13.7. The first kappa shape index (κ1) is 18.2. The van der Waals surface area contributed by atoms with E-state index in [1.807, 2.05) is 42.5 Å². The number of amides is 2. The Bertz CT molecular complexity index is 689. The second-order valence-electron chi connectivity index (χ2n) is 5.57. The Morgan fingerprint density at radius 3 is 2.42 bits per heavy atom. The summed E-state index contributed by atoms with van der Waals surface area (Å²) in [5.41, 5.74) is 1.71. The molecular formula is C19H21BrN2O2. The zero-order chi connectivity index (χ0) is 17.4. The molecule has 0 unspecified atom stereocenters. The summed E-state index contributed by atoms with van der Waals surface area (Å²) in [5, 5.41) is 2.83. The molecule has 0 aromatic heterocycles. The lowest BCUT2D eigenvalue weighted by Gasteiger charge is -2.18. The van der Waals surface area contributed by atoms with Crippen LogP contribution in [0, 0.1) is 0 Å². The van der Waals surface area contributed by atoms with Crippen LogP contribution in [0.4, 0.5) is 0 Å². The number of hydrogen-bond acceptors (Lipinski definition) is 2. The van der Waals surface area contributed by atoms with Crippen LogP contribution < -0.4 is 5.32 Å². The van der Waals surface area contributed by atoms with E-state index in [-0.39, 0.29) is 11.8 Å². The average Bonchev–Trinajstić information content (AvgIpc) is 2.61. The zero-order valence-corrected chi connectivity index (χ0v) is 15.3. The number of hydrogen-bond donors (Lipinski definition) is 1. The minimum absolute atomic E-state index is 0.0692. The predicted octanol–water partition coefficient (Wildman–Crippen LogP) is 3.62. The maximum atomic E-state index is 12.2. The van der Waals surface area contributed by atoms with Crippen LogP contribution in [0.25, 0.3) is 0 Å². The van der Waals surface area contributed by atoms with Crippen LogP contribution in [0.1, 0.15) is 28.8 Å². The van der Waals surface area contributed by atoms with E-state index < -0.39 is 0 Å². The van der Waals surface area contributed by atoms with E-state index in [4.69, 9.17) is 0 Å². The fourth-order valence-electron chi connectivity index (χ4n) is 2.29. The maximum Gasteiger partial charge on any atom is 0.251 e. The summed E-state index contributed by atoms with van der Waals surface area (Å²) in [7, 11) is 1.80. The molecule has 0 aliphatic heterocycles. The molecule has 0 saturated heterocycles. The standard InChI is InChI=1S/C19H21BrN2O2/c1-22(14-16-10-5-6-11-17(16)20)18(23)12-7-13-21-19(24)15-8-3-2-4-9-15/h2-6,8-11H,7,12-14H2,1H3,(H,21,24). The van der Waals surface area contributed by atoms with Gasteiger partial charge < -0.3 is 10.2 Å². The van der Waals surface area contributed by atoms with Gasteiger partial charge >= 0.3 is 0 Å². The van der Waals surface area contributed by atoms with Crippen molar-refractivity contribution >= 4 is 27.7 Å². The number of nitrogens with one attached hydrogen (secondary N) is 1. The first-order valence-corrected chi connectivity index (χ1v) is 8.68. The Morgan fingerprint density at radius 2 is 1.71 bits per heavy atom. The van der Waals surface area contributed by atoms with Gasteiger partial charge in [-0.1, -0.05) is 52.3 Å². The van der Waals surface area contributed by atoms with E-state index >= 15 is 0 Å². The Kier molecular flexibility index (Phi) is 7.00. The summed E-state index contributed by atoms with van der Waals surface area (Å²) >= 11 is 3.49. The fraction of sp³-hybridized carbons (Fsp3) is 0.263. The second kappa shape index (κ2) is 9.23. The molecule has 2 aromatic rings. The van der Waals surface area contributed by atoms with Gasteiger partial charge in [0.15, 0.2) is 0 Å². The molecule has 0 atom stereocenters. The van der Waals surface area contributed by atoms with E-state index in [2.05, 4.69) is 21.2 Å². The van der Waals surface area contributed by atoms with Crippen molar-refractivity contribution in [1.82, 2.24) is 10.2 Å².